The molecule has 1 saturated carbocycles. The predicted molar refractivity (Wildman–Crippen MR) is 70.5 cm³/mol. The van der Waals surface area contributed by atoms with E-state index in [-0.39, 0.29) is 17.4 Å². The molecule has 3 heteroatoms. The third-order valence-corrected chi connectivity index (χ3v) is 4.52. The Morgan fingerprint density at radius 2 is 2.06 bits per heavy atom. The van der Waals surface area contributed by atoms with E-state index in [2.05, 4.69) is 24.9 Å². The Morgan fingerprint density at radius 3 is 2.65 bits per heavy atom. The Kier molecular flexibility index (Phi) is 2.14. The van der Waals surface area contributed by atoms with Crippen molar-refractivity contribution < 1.29 is 5.11 Å². The predicted octanol–water partition coefficient (Wildman–Crippen LogP) is 3.48. The normalized spacial score (nSPS) is 26.4. The van der Waals surface area contributed by atoms with Gasteiger partial charge < -0.3 is 10.1 Å². The third-order valence-electron chi connectivity index (χ3n) is 4.28. The van der Waals surface area contributed by atoms with Crippen LogP contribution in [0.5, 0.6) is 0 Å². The fraction of sp³-hybridized carbons (Fsp3) is 0.429. The fourth-order valence-electron chi connectivity index (χ4n) is 2.89. The van der Waals surface area contributed by atoms with Crippen molar-refractivity contribution in [1.29, 1.82) is 0 Å². The summed E-state index contributed by atoms with van der Waals surface area (Å²) in [6.45, 7) is 4.59. The van der Waals surface area contributed by atoms with Crippen LogP contribution in [0, 0.1) is 5.41 Å². The molecule has 0 amide bonds. The number of nitrogens with one attached hydrogen (secondary N) is 1. The molecule has 0 saturated heterocycles. The molecule has 1 fully saturated rings. The molecule has 1 atom stereocenters. The maximum Gasteiger partial charge on any atom is 0.0547 e. The quantitative estimate of drug-likeness (QED) is 0.840. The van der Waals surface area contributed by atoms with Crippen molar-refractivity contribution in [1.82, 2.24) is 4.98 Å². The Labute approximate surface area is 106 Å². The summed E-state index contributed by atoms with van der Waals surface area (Å²) in [6, 6.07) is 7.94. The third kappa shape index (κ3) is 1.44. The van der Waals surface area contributed by atoms with Gasteiger partial charge in [0.05, 0.1) is 6.61 Å². The number of aromatic nitrogens is 1. The number of halogens is 1. The van der Waals surface area contributed by atoms with Gasteiger partial charge in [0.1, 0.15) is 0 Å². The van der Waals surface area contributed by atoms with Crippen molar-refractivity contribution in [2.45, 2.75) is 25.7 Å². The zero-order valence-electron chi connectivity index (χ0n) is 10.0. The van der Waals surface area contributed by atoms with E-state index >= 15 is 0 Å². The van der Waals surface area contributed by atoms with Crippen LogP contribution in [0.1, 0.15) is 26.0 Å². The molecule has 1 unspecified atom stereocenters. The zero-order chi connectivity index (χ0) is 12.3. The van der Waals surface area contributed by atoms with Crippen molar-refractivity contribution in [3.63, 3.8) is 0 Å². The minimum atomic E-state index is -0.0987. The van der Waals surface area contributed by atoms with Crippen molar-refractivity contribution in [2.24, 2.45) is 5.41 Å². The molecule has 17 heavy (non-hydrogen) atoms. The first-order valence-corrected chi connectivity index (χ1v) is 6.26. The monoisotopic (exact) mass is 249 g/mol. The van der Waals surface area contributed by atoms with Gasteiger partial charge in [-0.2, -0.15) is 0 Å². The van der Waals surface area contributed by atoms with Gasteiger partial charge in [0.25, 0.3) is 0 Å². The van der Waals surface area contributed by atoms with Gasteiger partial charge in [0, 0.05) is 27.0 Å². The maximum absolute atomic E-state index is 9.68. The number of hydrogen-bond acceptors (Lipinski definition) is 1. The van der Waals surface area contributed by atoms with Gasteiger partial charge in [0.2, 0.25) is 0 Å². The van der Waals surface area contributed by atoms with E-state index in [0.29, 0.717) is 0 Å². The van der Waals surface area contributed by atoms with Crippen LogP contribution in [0.25, 0.3) is 10.9 Å². The first-order valence-electron chi connectivity index (χ1n) is 5.88. The number of benzene rings is 1. The summed E-state index contributed by atoms with van der Waals surface area (Å²) in [7, 11) is 0. The van der Waals surface area contributed by atoms with Crippen molar-refractivity contribution in [3.8, 4) is 0 Å². The van der Waals surface area contributed by atoms with Gasteiger partial charge in [-0.1, -0.05) is 25.4 Å². The number of aliphatic hydroxyl groups excluding tert-OH is 1. The van der Waals surface area contributed by atoms with Crippen LogP contribution in [0.3, 0.4) is 0 Å². The highest BCUT2D eigenvalue weighted by atomic mass is 35.5. The summed E-state index contributed by atoms with van der Waals surface area (Å²) in [5, 5.41) is 11.5. The lowest BCUT2D eigenvalue weighted by Crippen LogP contribution is -2.19. The van der Waals surface area contributed by atoms with Crippen LogP contribution < -0.4 is 0 Å². The molecule has 1 aromatic heterocycles. The minimum Gasteiger partial charge on any atom is -0.395 e. The summed E-state index contributed by atoms with van der Waals surface area (Å²) >= 11 is 5.98. The number of rotatable bonds is 2. The molecule has 90 valence electrons. The van der Waals surface area contributed by atoms with Crippen LogP contribution in [-0.4, -0.2) is 16.7 Å². The van der Waals surface area contributed by atoms with Gasteiger partial charge in [0.15, 0.2) is 0 Å². The van der Waals surface area contributed by atoms with E-state index in [1.165, 1.54) is 0 Å². The van der Waals surface area contributed by atoms with Crippen molar-refractivity contribution in [3.05, 3.63) is 35.0 Å². The molecule has 0 bridgehead atoms. The van der Waals surface area contributed by atoms with Gasteiger partial charge in [-0.05, 0) is 36.1 Å². The highest BCUT2D eigenvalue weighted by Crippen LogP contribution is 2.63. The van der Waals surface area contributed by atoms with E-state index < -0.39 is 0 Å². The SMILES string of the molecule is CC1(C)CC1(CO)c1cc2cc(Cl)ccc2[nH]1. The molecule has 0 spiro atoms. The number of fused-ring (bicyclic) bond motifs is 1. The second-order valence-electron chi connectivity index (χ2n) is 5.72. The Balaban J connectivity index is 2.13. The van der Waals surface area contributed by atoms with E-state index in [9.17, 15) is 5.11 Å². The lowest BCUT2D eigenvalue weighted by molar-refractivity contribution is 0.229. The maximum atomic E-state index is 9.68. The van der Waals surface area contributed by atoms with Crippen LogP contribution in [-0.2, 0) is 5.41 Å². The summed E-state index contributed by atoms with van der Waals surface area (Å²) in [4.78, 5) is 3.41. The van der Waals surface area contributed by atoms with Gasteiger partial charge in [-0.3, -0.25) is 0 Å². The van der Waals surface area contributed by atoms with Gasteiger partial charge in [-0.25, -0.2) is 0 Å². The lowest BCUT2D eigenvalue weighted by atomic mass is 9.93. The fourth-order valence-corrected chi connectivity index (χ4v) is 3.07. The van der Waals surface area contributed by atoms with Gasteiger partial charge >= 0.3 is 0 Å². The van der Waals surface area contributed by atoms with E-state index in [4.69, 9.17) is 11.6 Å². The van der Waals surface area contributed by atoms with Crippen LogP contribution in [0.15, 0.2) is 24.3 Å². The molecular weight excluding hydrogens is 234 g/mol. The highest BCUT2D eigenvalue weighted by Gasteiger charge is 2.62. The molecule has 0 aliphatic heterocycles. The van der Waals surface area contributed by atoms with E-state index in [1.807, 2.05) is 18.2 Å². The number of H-pyrrole nitrogens is 1. The van der Waals surface area contributed by atoms with Gasteiger partial charge in [-0.15, -0.1) is 0 Å². The average Bonchev–Trinajstić information content (AvgIpc) is 2.66. The lowest BCUT2D eigenvalue weighted by Gasteiger charge is -2.15. The number of aromatic amines is 1. The topological polar surface area (TPSA) is 36.0 Å². The molecule has 3 rings (SSSR count). The smallest absolute Gasteiger partial charge is 0.0547 e. The first-order chi connectivity index (χ1) is 7.98. The highest BCUT2D eigenvalue weighted by molar-refractivity contribution is 6.31. The first kappa shape index (κ1) is 11.1. The van der Waals surface area contributed by atoms with Crippen molar-refractivity contribution in [2.75, 3.05) is 6.61 Å². The largest absolute Gasteiger partial charge is 0.395 e. The van der Waals surface area contributed by atoms with Crippen LogP contribution in [0.2, 0.25) is 5.02 Å². The van der Waals surface area contributed by atoms with Crippen LogP contribution >= 0.6 is 11.6 Å². The Bertz CT molecular complexity index is 587. The second-order valence-corrected chi connectivity index (χ2v) is 6.15. The molecule has 2 N–H and O–H groups in total. The van der Waals surface area contributed by atoms with E-state index in [0.717, 1.165) is 28.0 Å². The summed E-state index contributed by atoms with van der Waals surface area (Å²) in [5.41, 5.74) is 2.28. The molecule has 1 aliphatic rings. The molecule has 2 aromatic rings. The number of hydrogen-bond donors (Lipinski definition) is 2. The average molecular weight is 250 g/mol. The van der Waals surface area contributed by atoms with E-state index in [1.54, 1.807) is 0 Å². The minimum absolute atomic E-state index is 0.0987. The summed E-state index contributed by atoms with van der Waals surface area (Å²) < 4.78 is 0. The number of aliphatic hydroxyl groups is 1. The van der Waals surface area contributed by atoms with Crippen molar-refractivity contribution >= 4 is 22.5 Å². The molecular formula is C14H16ClNO. The molecule has 0 radical (unpaired) electrons. The summed E-state index contributed by atoms with van der Waals surface area (Å²) in [6.07, 6.45) is 1.02. The molecule has 1 heterocycles. The second kappa shape index (κ2) is 3.27. The molecule has 2 nitrogen and oxygen atoms in total. The summed E-state index contributed by atoms with van der Waals surface area (Å²) in [5.74, 6) is 0. The Hall–Kier alpha value is -0.990. The van der Waals surface area contributed by atoms with Crippen LogP contribution in [0.4, 0.5) is 0 Å². The standard InChI is InChI=1S/C14H16ClNO/c1-13(2)7-14(13,8-17)12-6-9-5-10(15)3-4-11(9)16-12/h3-6,16-17H,7-8H2,1-2H3. The molecule has 1 aliphatic carbocycles. The zero-order valence-corrected chi connectivity index (χ0v) is 10.8. The molecule has 1 aromatic carbocycles. The Morgan fingerprint density at radius 1 is 1.35 bits per heavy atom.